The molecule has 0 bridgehead atoms. The summed E-state index contributed by atoms with van der Waals surface area (Å²) in [6.07, 6.45) is 4.13. The van der Waals surface area contributed by atoms with E-state index in [0.717, 1.165) is 19.1 Å². The van der Waals surface area contributed by atoms with Crippen molar-refractivity contribution in [2.75, 3.05) is 40.4 Å². The van der Waals surface area contributed by atoms with E-state index in [1.165, 1.54) is 32.4 Å². The van der Waals surface area contributed by atoms with Crippen LogP contribution in [0.15, 0.2) is 0 Å². The SMILES string of the molecule is CNCNCCC1CCCN(C)C1. The van der Waals surface area contributed by atoms with E-state index in [4.69, 9.17) is 0 Å². The summed E-state index contributed by atoms with van der Waals surface area (Å²) in [4.78, 5) is 2.45. The zero-order chi connectivity index (χ0) is 9.52. The average Bonchev–Trinajstić information content (AvgIpc) is 2.13. The average molecular weight is 185 g/mol. The summed E-state index contributed by atoms with van der Waals surface area (Å²) in [5, 5.41) is 6.46. The van der Waals surface area contributed by atoms with E-state index in [-0.39, 0.29) is 0 Å². The van der Waals surface area contributed by atoms with Gasteiger partial charge in [-0.2, -0.15) is 0 Å². The molecule has 1 saturated heterocycles. The van der Waals surface area contributed by atoms with Crippen LogP contribution in [0.3, 0.4) is 0 Å². The first-order chi connectivity index (χ1) is 6.33. The van der Waals surface area contributed by atoms with Crippen LogP contribution in [0, 0.1) is 5.92 Å². The number of hydrogen-bond acceptors (Lipinski definition) is 3. The van der Waals surface area contributed by atoms with Crippen LogP contribution in [0.5, 0.6) is 0 Å². The standard InChI is InChI=1S/C10H23N3/c1-11-9-12-6-5-10-4-3-7-13(2)8-10/h10-12H,3-9H2,1-2H3. The third-order valence-electron chi connectivity index (χ3n) is 2.75. The molecule has 1 fully saturated rings. The van der Waals surface area contributed by atoms with Crippen molar-refractivity contribution in [2.24, 2.45) is 5.92 Å². The normalized spacial score (nSPS) is 24.9. The van der Waals surface area contributed by atoms with Crippen LogP contribution in [0.2, 0.25) is 0 Å². The number of nitrogens with zero attached hydrogens (tertiary/aromatic N) is 1. The number of likely N-dealkylation sites (tertiary alicyclic amines) is 1. The first kappa shape index (κ1) is 11.0. The van der Waals surface area contributed by atoms with Crippen molar-refractivity contribution in [1.29, 1.82) is 0 Å². The number of piperidine rings is 1. The quantitative estimate of drug-likeness (QED) is 0.482. The van der Waals surface area contributed by atoms with Crippen molar-refractivity contribution in [1.82, 2.24) is 15.5 Å². The van der Waals surface area contributed by atoms with Gasteiger partial charge in [0.15, 0.2) is 0 Å². The third-order valence-corrected chi connectivity index (χ3v) is 2.75. The zero-order valence-electron chi connectivity index (χ0n) is 8.97. The van der Waals surface area contributed by atoms with E-state index in [9.17, 15) is 0 Å². The Labute approximate surface area is 81.9 Å². The van der Waals surface area contributed by atoms with Crippen molar-refractivity contribution in [3.63, 3.8) is 0 Å². The Balaban J connectivity index is 2.00. The number of rotatable bonds is 5. The van der Waals surface area contributed by atoms with Gasteiger partial charge in [-0.15, -0.1) is 0 Å². The molecule has 3 heteroatoms. The van der Waals surface area contributed by atoms with Gasteiger partial charge >= 0.3 is 0 Å². The summed E-state index contributed by atoms with van der Waals surface area (Å²) in [7, 11) is 4.20. The maximum Gasteiger partial charge on any atom is 0.0451 e. The molecule has 1 atom stereocenters. The van der Waals surface area contributed by atoms with E-state index < -0.39 is 0 Å². The van der Waals surface area contributed by atoms with Gasteiger partial charge in [0, 0.05) is 13.2 Å². The second kappa shape index (κ2) is 6.35. The highest BCUT2D eigenvalue weighted by molar-refractivity contribution is 4.70. The van der Waals surface area contributed by atoms with E-state index in [1.54, 1.807) is 0 Å². The molecule has 13 heavy (non-hydrogen) atoms. The lowest BCUT2D eigenvalue weighted by molar-refractivity contribution is 0.201. The fourth-order valence-electron chi connectivity index (χ4n) is 2.03. The Bertz CT molecular complexity index is 127. The Kier molecular flexibility index (Phi) is 5.35. The molecule has 0 spiro atoms. The predicted molar refractivity (Wildman–Crippen MR) is 56.8 cm³/mol. The lowest BCUT2D eigenvalue weighted by atomic mass is 9.95. The van der Waals surface area contributed by atoms with Crippen LogP contribution in [0.1, 0.15) is 19.3 Å². The van der Waals surface area contributed by atoms with Gasteiger partial charge in [-0.25, -0.2) is 0 Å². The van der Waals surface area contributed by atoms with Crippen LogP contribution in [0.4, 0.5) is 0 Å². The molecular weight excluding hydrogens is 162 g/mol. The smallest absolute Gasteiger partial charge is 0.0451 e. The summed E-state index contributed by atoms with van der Waals surface area (Å²) in [6, 6.07) is 0. The minimum absolute atomic E-state index is 0.920. The van der Waals surface area contributed by atoms with Gasteiger partial charge in [-0.05, 0) is 52.4 Å². The maximum absolute atomic E-state index is 3.37. The fourth-order valence-corrected chi connectivity index (χ4v) is 2.03. The molecule has 0 saturated carbocycles. The lowest BCUT2D eigenvalue weighted by Crippen LogP contribution is -2.34. The molecule has 0 amide bonds. The molecule has 1 rings (SSSR count). The molecule has 1 heterocycles. The molecule has 0 aromatic heterocycles. The molecule has 1 aliphatic heterocycles. The van der Waals surface area contributed by atoms with Gasteiger partial charge in [0.25, 0.3) is 0 Å². The molecule has 1 unspecified atom stereocenters. The Morgan fingerprint density at radius 2 is 2.31 bits per heavy atom. The molecule has 1 aliphatic rings. The minimum Gasteiger partial charge on any atom is -0.308 e. The number of hydrogen-bond donors (Lipinski definition) is 2. The largest absolute Gasteiger partial charge is 0.308 e. The molecule has 0 aromatic rings. The monoisotopic (exact) mass is 185 g/mol. The highest BCUT2D eigenvalue weighted by atomic mass is 15.1. The van der Waals surface area contributed by atoms with Crippen molar-refractivity contribution in [2.45, 2.75) is 19.3 Å². The first-order valence-corrected chi connectivity index (χ1v) is 5.37. The second-order valence-corrected chi connectivity index (χ2v) is 4.09. The van der Waals surface area contributed by atoms with Gasteiger partial charge in [-0.1, -0.05) is 0 Å². The van der Waals surface area contributed by atoms with Crippen LogP contribution >= 0.6 is 0 Å². The summed E-state index contributed by atoms with van der Waals surface area (Å²) in [6.45, 7) is 4.67. The minimum atomic E-state index is 0.920. The Morgan fingerprint density at radius 1 is 1.46 bits per heavy atom. The van der Waals surface area contributed by atoms with Gasteiger partial charge in [-0.3, -0.25) is 0 Å². The van der Waals surface area contributed by atoms with Gasteiger partial charge in [0.05, 0.1) is 0 Å². The van der Waals surface area contributed by atoms with Crippen molar-refractivity contribution >= 4 is 0 Å². The van der Waals surface area contributed by atoms with E-state index in [1.807, 2.05) is 7.05 Å². The van der Waals surface area contributed by atoms with Crippen LogP contribution in [-0.4, -0.2) is 45.3 Å². The Morgan fingerprint density at radius 3 is 3.00 bits per heavy atom. The van der Waals surface area contributed by atoms with Crippen LogP contribution < -0.4 is 10.6 Å². The maximum atomic E-state index is 3.37. The van der Waals surface area contributed by atoms with Crippen LogP contribution in [0.25, 0.3) is 0 Å². The molecule has 3 nitrogen and oxygen atoms in total. The molecule has 0 aromatic carbocycles. The summed E-state index contributed by atoms with van der Waals surface area (Å²) < 4.78 is 0. The zero-order valence-corrected chi connectivity index (χ0v) is 8.97. The van der Waals surface area contributed by atoms with Gasteiger partial charge < -0.3 is 15.5 Å². The molecule has 2 N–H and O–H groups in total. The van der Waals surface area contributed by atoms with Gasteiger partial charge in [0.1, 0.15) is 0 Å². The van der Waals surface area contributed by atoms with Gasteiger partial charge in [0.2, 0.25) is 0 Å². The Hall–Kier alpha value is -0.120. The summed E-state index contributed by atoms with van der Waals surface area (Å²) in [5.74, 6) is 0.920. The third kappa shape index (κ3) is 4.60. The molecular formula is C10H23N3. The highest BCUT2D eigenvalue weighted by Gasteiger charge is 2.15. The van der Waals surface area contributed by atoms with E-state index in [2.05, 4.69) is 22.6 Å². The highest BCUT2D eigenvalue weighted by Crippen LogP contribution is 2.17. The topological polar surface area (TPSA) is 27.3 Å². The predicted octanol–water partition coefficient (Wildman–Crippen LogP) is 0.485. The lowest BCUT2D eigenvalue weighted by Gasteiger charge is -2.29. The van der Waals surface area contributed by atoms with Crippen molar-refractivity contribution in [3.05, 3.63) is 0 Å². The second-order valence-electron chi connectivity index (χ2n) is 4.09. The molecule has 0 aliphatic carbocycles. The summed E-state index contributed by atoms with van der Waals surface area (Å²) >= 11 is 0. The first-order valence-electron chi connectivity index (χ1n) is 5.37. The van der Waals surface area contributed by atoms with Crippen molar-refractivity contribution in [3.8, 4) is 0 Å². The fraction of sp³-hybridized carbons (Fsp3) is 1.00. The van der Waals surface area contributed by atoms with Crippen LogP contribution in [-0.2, 0) is 0 Å². The van der Waals surface area contributed by atoms with Crippen molar-refractivity contribution < 1.29 is 0 Å². The van der Waals surface area contributed by atoms with E-state index >= 15 is 0 Å². The molecule has 78 valence electrons. The molecule has 0 radical (unpaired) electrons. The summed E-state index contributed by atoms with van der Waals surface area (Å²) in [5.41, 5.74) is 0. The number of nitrogens with one attached hydrogen (secondary N) is 2. The van der Waals surface area contributed by atoms with E-state index in [0.29, 0.717) is 0 Å².